The monoisotopic (exact) mass is 362 g/mol. The van der Waals surface area contributed by atoms with Crippen molar-refractivity contribution in [2.75, 3.05) is 6.54 Å². The molecule has 1 unspecified atom stereocenters. The van der Waals surface area contributed by atoms with E-state index in [1.54, 1.807) is 0 Å². The summed E-state index contributed by atoms with van der Waals surface area (Å²) < 4.78 is 0.944. The second-order valence-electron chi connectivity index (χ2n) is 4.47. The number of hydrogen-bond donors (Lipinski definition) is 2. The summed E-state index contributed by atoms with van der Waals surface area (Å²) in [4.78, 5) is 12.1. The van der Waals surface area contributed by atoms with Gasteiger partial charge in [0.2, 0.25) is 0 Å². The van der Waals surface area contributed by atoms with Crippen molar-refractivity contribution < 1.29 is 4.79 Å². The zero-order chi connectivity index (χ0) is 15.2. The van der Waals surface area contributed by atoms with Gasteiger partial charge in [-0.15, -0.1) is 11.3 Å². The van der Waals surface area contributed by atoms with Crippen molar-refractivity contribution >= 4 is 33.2 Å². The average molecular weight is 363 g/mol. The van der Waals surface area contributed by atoms with Crippen LogP contribution in [0.15, 0.2) is 39.5 Å². The lowest BCUT2D eigenvalue weighted by Gasteiger charge is -2.14. The SMILES string of the molecule is CC(NC(=O)c1csc(Br)c1)c1cccc(C#CCN)c1. The van der Waals surface area contributed by atoms with E-state index < -0.39 is 0 Å². The highest BCUT2D eigenvalue weighted by atomic mass is 79.9. The van der Waals surface area contributed by atoms with Crippen molar-refractivity contribution in [1.82, 2.24) is 5.32 Å². The first-order valence-corrected chi connectivity index (χ1v) is 8.11. The lowest BCUT2D eigenvalue weighted by Crippen LogP contribution is -2.26. The van der Waals surface area contributed by atoms with Gasteiger partial charge in [0.1, 0.15) is 0 Å². The van der Waals surface area contributed by atoms with Crippen LogP contribution in [0.3, 0.4) is 0 Å². The zero-order valence-corrected chi connectivity index (χ0v) is 13.9. The Morgan fingerprint density at radius 2 is 2.29 bits per heavy atom. The Balaban J connectivity index is 2.09. The van der Waals surface area contributed by atoms with E-state index in [1.165, 1.54) is 11.3 Å². The van der Waals surface area contributed by atoms with Crippen LogP contribution >= 0.6 is 27.3 Å². The molecule has 0 saturated heterocycles. The molecular formula is C16H15BrN2OS. The standard InChI is InChI=1S/C16H15BrN2OS/c1-11(19-16(20)14-9-15(17)21-10-14)13-6-2-4-12(8-13)5-3-7-18/h2,4,6,8-11H,7,18H2,1H3,(H,19,20). The first kappa shape index (κ1) is 15.8. The summed E-state index contributed by atoms with van der Waals surface area (Å²) in [5.74, 6) is 5.74. The van der Waals surface area contributed by atoms with Crippen LogP contribution in [0, 0.1) is 11.8 Å². The quantitative estimate of drug-likeness (QED) is 0.822. The van der Waals surface area contributed by atoms with Gasteiger partial charge in [-0.1, -0.05) is 24.0 Å². The Kier molecular flexibility index (Phi) is 5.57. The molecule has 0 radical (unpaired) electrons. The van der Waals surface area contributed by atoms with Crippen LogP contribution in [-0.4, -0.2) is 12.5 Å². The second-order valence-corrected chi connectivity index (χ2v) is 6.76. The number of amides is 1. The second kappa shape index (κ2) is 7.41. The maximum absolute atomic E-state index is 12.1. The third-order valence-corrected chi connectivity index (χ3v) is 4.40. The molecule has 0 aliphatic carbocycles. The van der Waals surface area contributed by atoms with Gasteiger partial charge in [-0.05, 0) is 46.6 Å². The molecule has 0 fully saturated rings. The van der Waals surface area contributed by atoms with Gasteiger partial charge in [0, 0.05) is 10.9 Å². The van der Waals surface area contributed by atoms with Crippen molar-refractivity contribution in [3.63, 3.8) is 0 Å². The molecule has 21 heavy (non-hydrogen) atoms. The van der Waals surface area contributed by atoms with Crippen molar-refractivity contribution in [3.05, 3.63) is 56.2 Å². The molecule has 2 rings (SSSR count). The maximum Gasteiger partial charge on any atom is 0.252 e. The van der Waals surface area contributed by atoms with Crippen LogP contribution < -0.4 is 11.1 Å². The molecule has 0 aliphatic rings. The Labute approximate surface area is 136 Å². The fourth-order valence-electron chi connectivity index (χ4n) is 1.83. The predicted octanol–water partition coefficient (Wildman–Crippen LogP) is 3.31. The van der Waals surface area contributed by atoms with Crippen LogP contribution in [0.1, 0.15) is 34.5 Å². The third kappa shape index (κ3) is 4.43. The van der Waals surface area contributed by atoms with E-state index in [-0.39, 0.29) is 11.9 Å². The summed E-state index contributed by atoms with van der Waals surface area (Å²) >= 11 is 4.85. The number of nitrogens with two attached hydrogens (primary N) is 1. The van der Waals surface area contributed by atoms with Crippen molar-refractivity contribution in [3.8, 4) is 11.8 Å². The summed E-state index contributed by atoms with van der Waals surface area (Å²) in [5.41, 5.74) is 7.95. The fraction of sp³-hybridized carbons (Fsp3) is 0.188. The number of rotatable bonds is 3. The van der Waals surface area contributed by atoms with Gasteiger partial charge in [0.05, 0.1) is 21.9 Å². The van der Waals surface area contributed by atoms with E-state index in [2.05, 4.69) is 33.1 Å². The van der Waals surface area contributed by atoms with E-state index >= 15 is 0 Å². The molecule has 3 N–H and O–H groups in total. The highest BCUT2D eigenvalue weighted by Gasteiger charge is 2.12. The smallest absolute Gasteiger partial charge is 0.252 e. The summed E-state index contributed by atoms with van der Waals surface area (Å²) in [5, 5.41) is 4.81. The van der Waals surface area contributed by atoms with Gasteiger partial charge in [0.15, 0.2) is 0 Å². The minimum Gasteiger partial charge on any atom is -0.345 e. The fourth-order valence-corrected chi connectivity index (χ4v) is 2.97. The minimum atomic E-state index is -0.0872. The lowest BCUT2D eigenvalue weighted by atomic mass is 10.0. The topological polar surface area (TPSA) is 55.1 Å². The van der Waals surface area contributed by atoms with Crippen molar-refractivity contribution in [1.29, 1.82) is 0 Å². The summed E-state index contributed by atoms with van der Waals surface area (Å²) in [6.07, 6.45) is 0. The molecule has 0 aliphatic heterocycles. The van der Waals surface area contributed by atoms with Gasteiger partial charge < -0.3 is 11.1 Å². The van der Waals surface area contributed by atoms with Gasteiger partial charge in [-0.3, -0.25) is 4.79 Å². The number of carbonyl (C=O) groups excluding carboxylic acids is 1. The molecule has 1 atom stereocenters. The van der Waals surface area contributed by atoms with E-state index in [9.17, 15) is 4.79 Å². The molecule has 2 aromatic rings. The molecule has 5 heteroatoms. The molecule has 1 heterocycles. The summed E-state index contributed by atoms with van der Waals surface area (Å²) in [6.45, 7) is 2.29. The van der Waals surface area contributed by atoms with Gasteiger partial charge >= 0.3 is 0 Å². The highest BCUT2D eigenvalue weighted by molar-refractivity contribution is 9.11. The Hall–Kier alpha value is -1.61. The largest absolute Gasteiger partial charge is 0.345 e. The summed E-state index contributed by atoms with van der Waals surface area (Å²) in [6, 6.07) is 9.53. The number of thiophene rings is 1. The molecule has 0 saturated carbocycles. The van der Waals surface area contributed by atoms with Crippen LogP contribution in [0.4, 0.5) is 0 Å². The van der Waals surface area contributed by atoms with Crippen LogP contribution in [0.5, 0.6) is 0 Å². The zero-order valence-electron chi connectivity index (χ0n) is 11.5. The number of benzene rings is 1. The third-order valence-electron chi connectivity index (χ3n) is 2.90. The van der Waals surface area contributed by atoms with E-state index in [0.29, 0.717) is 12.1 Å². The molecule has 1 aromatic heterocycles. The molecule has 108 valence electrons. The highest BCUT2D eigenvalue weighted by Crippen LogP contribution is 2.21. The molecule has 1 aromatic carbocycles. The molecule has 3 nitrogen and oxygen atoms in total. The molecule has 1 amide bonds. The molecule has 0 bridgehead atoms. The van der Waals surface area contributed by atoms with Crippen LogP contribution in [-0.2, 0) is 0 Å². The van der Waals surface area contributed by atoms with Gasteiger partial charge in [0.25, 0.3) is 5.91 Å². The van der Waals surface area contributed by atoms with Crippen LogP contribution in [0.25, 0.3) is 0 Å². The van der Waals surface area contributed by atoms with E-state index in [4.69, 9.17) is 5.73 Å². The molecule has 0 spiro atoms. The number of halogens is 1. The first-order valence-electron chi connectivity index (χ1n) is 6.44. The van der Waals surface area contributed by atoms with Crippen LogP contribution in [0.2, 0.25) is 0 Å². The number of carbonyl (C=O) groups is 1. The van der Waals surface area contributed by atoms with Gasteiger partial charge in [-0.2, -0.15) is 0 Å². The maximum atomic E-state index is 12.1. The summed E-state index contributed by atoms with van der Waals surface area (Å²) in [7, 11) is 0. The van der Waals surface area contributed by atoms with Gasteiger partial charge in [-0.25, -0.2) is 0 Å². The average Bonchev–Trinajstić information content (AvgIpc) is 2.92. The Morgan fingerprint density at radius 3 is 2.95 bits per heavy atom. The van der Waals surface area contributed by atoms with Crippen molar-refractivity contribution in [2.45, 2.75) is 13.0 Å². The van der Waals surface area contributed by atoms with E-state index in [1.807, 2.05) is 42.6 Å². The number of hydrogen-bond acceptors (Lipinski definition) is 3. The normalized spacial score (nSPS) is 11.4. The first-order chi connectivity index (χ1) is 10.1. The Bertz CT molecular complexity index is 700. The molecular weight excluding hydrogens is 348 g/mol. The minimum absolute atomic E-state index is 0.0807. The lowest BCUT2D eigenvalue weighted by molar-refractivity contribution is 0.0940. The Morgan fingerprint density at radius 1 is 1.48 bits per heavy atom. The number of nitrogens with one attached hydrogen (secondary N) is 1. The van der Waals surface area contributed by atoms with E-state index in [0.717, 1.165) is 14.9 Å². The van der Waals surface area contributed by atoms with Crippen molar-refractivity contribution in [2.24, 2.45) is 5.73 Å². The predicted molar refractivity (Wildman–Crippen MR) is 90.3 cm³/mol.